The van der Waals surface area contributed by atoms with Crippen molar-refractivity contribution in [2.45, 2.75) is 78.1 Å². The van der Waals surface area contributed by atoms with Crippen LogP contribution in [0.15, 0.2) is 0 Å². The first kappa shape index (κ1) is 21.5. The molecule has 0 bridgehead atoms. The molecule has 0 amide bonds. The van der Waals surface area contributed by atoms with Gasteiger partial charge in [0.15, 0.2) is 0 Å². The van der Waals surface area contributed by atoms with Crippen LogP contribution in [0.4, 0.5) is 0 Å². The second-order valence-electron chi connectivity index (χ2n) is 5.90. The molecule has 0 aliphatic rings. The molecule has 0 aromatic carbocycles. The van der Waals surface area contributed by atoms with Crippen molar-refractivity contribution >= 4 is 0 Å². The van der Waals surface area contributed by atoms with E-state index >= 15 is 0 Å². The highest BCUT2D eigenvalue weighted by molar-refractivity contribution is 4.47. The molecule has 0 unspecified atom stereocenters. The van der Waals surface area contributed by atoms with E-state index in [1.165, 1.54) is 64.2 Å². The Morgan fingerprint density at radius 1 is 0.684 bits per heavy atom. The topological polar surface area (TPSA) is 9.23 Å². The van der Waals surface area contributed by atoms with E-state index in [9.17, 15) is 0 Å². The van der Waals surface area contributed by atoms with Gasteiger partial charge in [0, 0.05) is 0 Å². The molecule has 0 spiro atoms. The molecular weight excluding hydrogens is 258 g/mol. The summed E-state index contributed by atoms with van der Waals surface area (Å²) in [6.07, 6.45) is 14.0. The van der Waals surface area contributed by atoms with Crippen molar-refractivity contribution in [1.82, 2.24) is 0 Å². The minimum Gasteiger partial charge on any atom is -1.00 e. The third-order valence-electron chi connectivity index (χ3n) is 3.53. The van der Waals surface area contributed by atoms with Crippen LogP contribution in [0.25, 0.3) is 0 Å². The Hall–Kier alpha value is 0.210. The summed E-state index contributed by atoms with van der Waals surface area (Å²) in [5, 5.41) is 0. The summed E-state index contributed by atoms with van der Waals surface area (Å²) < 4.78 is 0.716. The summed E-state index contributed by atoms with van der Waals surface area (Å²) in [6, 6.07) is 0. The third-order valence-corrected chi connectivity index (χ3v) is 3.53. The smallest absolute Gasteiger partial charge is 0.108 e. The van der Waals surface area contributed by atoms with Gasteiger partial charge in [0.2, 0.25) is 0 Å². The molecule has 0 aromatic rings. The molecule has 0 N–H and O–H groups in total. The van der Waals surface area contributed by atoms with Crippen LogP contribution in [-0.2, 0) is 4.84 Å². The first-order valence-electron chi connectivity index (χ1n) is 8.10. The summed E-state index contributed by atoms with van der Waals surface area (Å²) in [6.45, 7) is 6.30. The van der Waals surface area contributed by atoms with Crippen LogP contribution in [0, 0.1) is 0 Å². The molecule has 3 heteroatoms. The van der Waals surface area contributed by atoms with Crippen molar-refractivity contribution < 1.29 is 21.9 Å². The lowest BCUT2D eigenvalue weighted by molar-refractivity contribution is -1.08. The number of rotatable bonds is 13. The van der Waals surface area contributed by atoms with E-state index in [1.807, 2.05) is 0 Å². The fourth-order valence-corrected chi connectivity index (χ4v) is 2.39. The molecule has 0 radical (unpaired) electrons. The van der Waals surface area contributed by atoms with Gasteiger partial charge in [-0.1, -0.05) is 58.3 Å². The highest BCUT2D eigenvalue weighted by Gasteiger charge is 2.14. The van der Waals surface area contributed by atoms with Crippen molar-refractivity contribution in [3.8, 4) is 0 Å². The fourth-order valence-electron chi connectivity index (χ4n) is 2.39. The first-order chi connectivity index (χ1) is 8.62. The minimum atomic E-state index is 0. The molecule has 0 heterocycles. The molecule has 0 aliphatic heterocycles. The van der Waals surface area contributed by atoms with Gasteiger partial charge in [-0.2, -0.15) is 4.65 Å². The van der Waals surface area contributed by atoms with Gasteiger partial charge in [-0.25, -0.2) is 4.84 Å². The van der Waals surface area contributed by atoms with Crippen LogP contribution in [0.5, 0.6) is 0 Å². The van der Waals surface area contributed by atoms with Crippen molar-refractivity contribution in [2.75, 3.05) is 27.2 Å². The number of hydrogen-bond acceptors (Lipinski definition) is 1. The Kier molecular flexibility index (Phi) is 16.5. The summed E-state index contributed by atoms with van der Waals surface area (Å²) in [5.41, 5.74) is 0. The van der Waals surface area contributed by atoms with Gasteiger partial charge >= 0.3 is 0 Å². The van der Waals surface area contributed by atoms with E-state index in [2.05, 4.69) is 27.9 Å². The number of hydrogen-bond donors (Lipinski definition) is 0. The van der Waals surface area contributed by atoms with E-state index in [0.29, 0.717) is 4.65 Å². The lowest BCUT2D eigenvalue weighted by Gasteiger charge is -2.26. The van der Waals surface area contributed by atoms with Crippen LogP contribution < -0.4 is 12.4 Å². The molecule has 118 valence electrons. The summed E-state index contributed by atoms with van der Waals surface area (Å²) in [5.74, 6) is 0. The standard InChI is InChI=1S/C16H36NO.ClH/c1-5-7-8-9-10-11-12-13-14-15-16-17(3,4)18-6-2;/h5-16H2,1-4H3;1H/q+1;/p-1. The molecule has 0 saturated heterocycles. The zero-order chi connectivity index (χ0) is 13.7. The second kappa shape index (κ2) is 14.6. The van der Waals surface area contributed by atoms with Gasteiger partial charge in [-0.3, -0.25) is 0 Å². The van der Waals surface area contributed by atoms with Crippen LogP contribution in [-0.4, -0.2) is 31.9 Å². The lowest BCUT2D eigenvalue weighted by atomic mass is 10.1. The maximum Gasteiger partial charge on any atom is 0.108 e. The largest absolute Gasteiger partial charge is 1.00 e. The Bertz CT molecular complexity index is 174. The van der Waals surface area contributed by atoms with Gasteiger partial charge < -0.3 is 12.4 Å². The molecule has 2 nitrogen and oxygen atoms in total. The molecule has 19 heavy (non-hydrogen) atoms. The van der Waals surface area contributed by atoms with E-state index in [-0.39, 0.29) is 12.4 Å². The summed E-state index contributed by atoms with van der Waals surface area (Å²) in [7, 11) is 4.30. The van der Waals surface area contributed by atoms with Crippen LogP contribution in [0.2, 0.25) is 0 Å². The number of nitrogens with zero attached hydrogens (tertiary/aromatic N) is 1. The zero-order valence-corrected chi connectivity index (χ0v) is 14.5. The SMILES string of the molecule is CCCCCCCCCCCC[N+](C)(C)OCC.[Cl-]. The summed E-state index contributed by atoms with van der Waals surface area (Å²) in [4.78, 5) is 5.65. The van der Waals surface area contributed by atoms with E-state index in [1.54, 1.807) is 0 Å². The van der Waals surface area contributed by atoms with Crippen molar-refractivity contribution in [1.29, 1.82) is 0 Å². The predicted octanol–water partition coefficient (Wildman–Crippen LogP) is 1.94. The maximum atomic E-state index is 5.65. The highest BCUT2D eigenvalue weighted by Crippen LogP contribution is 2.11. The Morgan fingerprint density at radius 3 is 1.53 bits per heavy atom. The second-order valence-corrected chi connectivity index (χ2v) is 5.90. The Labute approximate surface area is 127 Å². The Balaban J connectivity index is 0. The molecule has 0 aliphatic carbocycles. The number of hydroxylamine groups is 3. The first-order valence-corrected chi connectivity index (χ1v) is 8.10. The van der Waals surface area contributed by atoms with Crippen molar-refractivity contribution in [3.05, 3.63) is 0 Å². The van der Waals surface area contributed by atoms with Crippen molar-refractivity contribution in [2.24, 2.45) is 0 Å². The monoisotopic (exact) mass is 293 g/mol. The quantitative estimate of drug-likeness (QED) is 0.286. The molecule has 0 rings (SSSR count). The van der Waals surface area contributed by atoms with Gasteiger partial charge in [-0.15, -0.1) is 0 Å². The number of unbranched alkanes of at least 4 members (excludes halogenated alkanes) is 9. The van der Waals surface area contributed by atoms with Crippen LogP contribution in [0.3, 0.4) is 0 Å². The molecule has 0 aromatic heterocycles. The average molecular weight is 294 g/mol. The minimum absolute atomic E-state index is 0. The van der Waals surface area contributed by atoms with Gasteiger partial charge in [0.25, 0.3) is 0 Å². The van der Waals surface area contributed by atoms with Gasteiger partial charge in [0.05, 0.1) is 14.1 Å². The van der Waals surface area contributed by atoms with Gasteiger partial charge in [-0.05, 0) is 19.8 Å². The Morgan fingerprint density at radius 2 is 1.11 bits per heavy atom. The highest BCUT2D eigenvalue weighted by atomic mass is 35.5. The molecule has 0 saturated carbocycles. The maximum absolute atomic E-state index is 5.65. The summed E-state index contributed by atoms with van der Waals surface area (Å²) >= 11 is 0. The third kappa shape index (κ3) is 16.2. The molecular formula is C16H36ClNO. The number of halogens is 1. The average Bonchev–Trinajstić information content (AvgIpc) is 2.31. The normalized spacial score (nSPS) is 11.4. The fraction of sp³-hybridized carbons (Fsp3) is 1.00. The molecule has 0 fully saturated rings. The molecule has 0 atom stereocenters. The van der Waals surface area contributed by atoms with E-state index in [4.69, 9.17) is 4.84 Å². The predicted molar refractivity (Wildman–Crippen MR) is 80.4 cm³/mol. The van der Waals surface area contributed by atoms with Crippen LogP contribution in [0.1, 0.15) is 78.1 Å². The van der Waals surface area contributed by atoms with Crippen molar-refractivity contribution in [3.63, 3.8) is 0 Å². The van der Waals surface area contributed by atoms with E-state index in [0.717, 1.165) is 13.2 Å². The lowest BCUT2D eigenvalue weighted by Crippen LogP contribution is -3.00. The van der Waals surface area contributed by atoms with Gasteiger partial charge in [0.1, 0.15) is 13.2 Å². The number of quaternary nitrogens is 1. The van der Waals surface area contributed by atoms with E-state index < -0.39 is 0 Å². The van der Waals surface area contributed by atoms with Crippen LogP contribution >= 0.6 is 0 Å². The zero-order valence-electron chi connectivity index (χ0n) is 13.7.